The molecule has 0 amide bonds. The molecular formula is C15H21N3O2. The molecule has 0 saturated carbocycles. The highest BCUT2D eigenvalue weighted by Crippen LogP contribution is 2.19. The Labute approximate surface area is 119 Å². The maximum absolute atomic E-state index is 5.68. The second kappa shape index (κ2) is 7.67. The van der Waals surface area contributed by atoms with Gasteiger partial charge in [0.15, 0.2) is 0 Å². The first-order chi connectivity index (χ1) is 9.79. The molecule has 0 atom stereocenters. The van der Waals surface area contributed by atoms with Gasteiger partial charge in [0, 0.05) is 37.7 Å². The summed E-state index contributed by atoms with van der Waals surface area (Å²) in [5, 5.41) is 4.35. The molecule has 0 unspecified atom stereocenters. The fraction of sp³-hybridized carbons (Fsp3) is 0.400. The molecular weight excluding hydrogens is 254 g/mol. The molecule has 0 spiro atoms. The van der Waals surface area contributed by atoms with E-state index < -0.39 is 0 Å². The van der Waals surface area contributed by atoms with Gasteiger partial charge in [-0.15, -0.1) is 0 Å². The van der Waals surface area contributed by atoms with Crippen molar-refractivity contribution in [1.82, 2.24) is 9.78 Å². The Kier molecular flexibility index (Phi) is 5.58. The SMILES string of the molecule is COCCOCCCn1cc(-c2ccc(N)cc2)cn1. The summed E-state index contributed by atoms with van der Waals surface area (Å²) >= 11 is 0. The summed E-state index contributed by atoms with van der Waals surface area (Å²) in [5.74, 6) is 0. The first-order valence-corrected chi connectivity index (χ1v) is 6.74. The minimum atomic E-state index is 0.642. The van der Waals surface area contributed by atoms with Gasteiger partial charge in [0.2, 0.25) is 0 Å². The average Bonchev–Trinajstić information content (AvgIpc) is 2.92. The number of nitrogen functional groups attached to an aromatic ring is 1. The molecule has 2 N–H and O–H groups in total. The number of hydrogen-bond acceptors (Lipinski definition) is 4. The Morgan fingerprint density at radius 3 is 2.65 bits per heavy atom. The van der Waals surface area contributed by atoms with Crippen molar-refractivity contribution in [3.05, 3.63) is 36.7 Å². The van der Waals surface area contributed by atoms with E-state index in [4.69, 9.17) is 15.2 Å². The summed E-state index contributed by atoms with van der Waals surface area (Å²) in [6, 6.07) is 7.81. The zero-order valence-electron chi connectivity index (χ0n) is 11.8. The summed E-state index contributed by atoms with van der Waals surface area (Å²) in [4.78, 5) is 0. The fourth-order valence-corrected chi connectivity index (χ4v) is 1.88. The second-order valence-electron chi connectivity index (χ2n) is 4.57. The quantitative estimate of drug-likeness (QED) is 0.592. The molecule has 0 aliphatic heterocycles. The van der Waals surface area contributed by atoms with Crippen molar-refractivity contribution >= 4 is 5.69 Å². The van der Waals surface area contributed by atoms with Crippen molar-refractivity contribution in [2.45, 2.75) is 13.0 Å². The van der Waals surface area contributed by atoms with E-state index in [-0.39, 0.29) is 0 Å². The molecule has 108 valence electrons. The van der Waals surface area contributed by atoms with Gasteiger partial charge in [0.1, 0.15) is 0 Å². The van der Waals surface area contributed by atoms with E-state index >= 15 is 0 Å². The monoisotopic (exact) mass is 275 g/mol. The van der Waals surface area contributed by atoms with Crippen LogP contribution in [0.3, 0.4) is 0 Å². The molecule has 1 heterocycles. The number of aromatic nitrogens is 2. The molecule has 0 saturated heterocycles. The first-order valence-electron chi connectivity index (χ1n) is 6.74. The summed E-state index contributed by atoms with van der Waals surface area (Å²) in [6.07, 6.45) is 4.85. The number of nitrogens with zero attached hydrogens (tertiary/aromatic N) is 2. The summed E-state index contributed by atoms with van der Waals surface area (Å²) in [7, 11) is 1.67. The Morgan fingerprint density at radius 2 is 1.90 bits per heavy atom. The normalized spacial score (nSPS) is 10.8. The number of benzene rings is 1. The van der Waals surface area contributed by atoms with Crippen molar-refractivity contribution in [3.8, 4) is 11.1 Å². The topological polar surface area (TPSA) is 62.3 Å². The zero-order valence-corrected chi connectivity index (χ0v) is 11.8. The van der Waals surface area contributed by atoms with Crippen LogP contribution in [0.15, 0.2) is 36.7 Å². The van der Waals surface area contributed by atoms with Crippen LogP contribution in [0.4, 0.5) is 5.69 Å². The van der Waals surface area contributed by atoms with Gasteiger partial charge in [-0.05, 0) is 24.1 Å². The van der Waals surface area contributed by atoms with Crippen LogP contribution in [-0.4, -0.2) is 36.7 Å². The lowest BCUT2D eigenvalue weighted by Gasteiger charge is -2.03. The minimum Gasteiger partial charge on any atom is -0.399 e. The van der Waals surface area contributed by atoms with E-state index in [1.807, 2.05) is 41.3 Å². The highest BCUT2D eigenvalue weighted by atomic mass is 16.5. The van der Waals surface area contributed by atoms with E-state index in [0.717, 1.165) is 36.4 Å². The third-order valence-corrected chi connectivity index (χ3v) is 2.98. The van der Waals surface area contributed by atoms with Crippen molar-refractivity contribution in [3.63, 3.8) is 0 Å². The van der Waals surface area contributed by atoms with Crippen LogP contribution in [0, 0.1) is 0 Å². The van der Waals surface area contributed by atoms with Gasteiger partial charge in [0.05, 0.1) is 19.4 Å². The first kappa shape index (κ1) is 14.6. The highest BCUT2D eigenvalue weighted by Gasteiger charge is 2.01. The maximum atomic E-state index is 5.68. The molecule has 0 aliphatic carbocycles. The van der Waals surface area contributed by atoms with Crippen LogP contribution in [-0.2, 0) is 16.0 Å². The molecule has 0 fully saturated rings. The lowest BCUT2D eigenvalue weighted by molar-refractivity contribution is 0.0677. The third kappa shape index (κ3) is 4.36. The van der Waals surface area contributed by atoms with Crippen molar-refractivity contribution in [1.29, 1.82) is 0 Å². The van der Waals surface area contributed by atoms with Crippen molar-refractivity contribution < 1.29 is 9.47 Å². The average molecular weight is 275 g/mol. The van der Waals surface area contributed by atoms with Gasteiger partial charge in [-0.25, -0.2) is 0 Å². The van der Waals surface area contributed by atoms with Gasteiger partial charge in [0.25, 0.3) is 0 Å². The van der Waals surface area contributed by atoms with Crippen LogP contribution in [0.25, 0.3) is 11.1 Å². The van der Waals surface area contributed by atoms with Gasteiger partial charge in [-0.1, -0.05) is 12.1 Å². The fourth-order valence-electron chi connectivity index (χ4n) is 1.88. The number of rotatable bonds is 8. The standard InChI is InChI=1S/C15H21N3O2/c1-19-9-10-20-8-2-7-18-12-14(11-17-18)13-3-5-15(16)6-4-13/h3-6,11-12H,2,7-10,16H2,1H3. The number of anilines is 1. The molecule has 0 radical (unpaired) electrons. The number of hydrogen-bond donors (Lipinski definition) is 1. The molecule has 1 aromatic carbocycles. The number of aryl methyl sites for hydroxylation is 1. The lowest BCUT2D eigenvalue weighted by Crippen LogP contribution is -2.06. The van der Waals surface area contributed by atoms with E-state index in [2.05, 4.69) is 5.10 Å². The maximum Gasteiger partial charge on any atom is 0.0700 e. The Bertz CT molecular complexity index is 508. The molecule has 2 aromatic rings. The Morgan fingerprint density at radius 1 is 1.10 bits per heavy atom. The molecule has 5 heteroatoms. The highest BCUT2D eigenvalue weighted by molar-refractivity contribution is 5.63. The Hall–Kier alpha value is -1.85. The van der Waals surface area contributed by atoms with Gasteiger partial charge < -0.3 is 15.2 Å². The summed E-state index contributed by atoms with van der Waals surface area (Å²) in [6.45, 7) is 2.86. The van der Waals surface area contributed by atoms with Crippen LogP contribution in [0.5, 0.6) is 0 Å². The molecule has 5 nitrogen and oxygen atoms in total. The van der Waals surface area contributed by atoms with Gasteiger partial charge in [-0.2, -0.15) is 5.10 Å². The predicted molar refractivity (Wildman–Crippen MR) is 79.4 cm³/mol. The van der Waals surface area contributed by atoms with Gasteiger partial charge in [-0.3, -0.25) is 4.68 Å². The second-order valence-corrected chi connectivity index (χ2v) is 4.57. The summed E-state index contributed by atoms with van der Waals surface area (Å²) in [5.41, 5.74) is 8.68. The predicted octanol–water partition coefficient (Wildman–Crippen LogP) is 2.19. The van der Waals surface area contributed by atoms with Crippen LogP contribution in [0.1, 0.15) is 6.42 Å². The van der Waals surface area contributed by atoms with E-state index in [1.54, 1.807) is 7.11 Å². The van der Waals surface area contributed by atoms with E-state index in [9.17, 15) is 0 Å². The van der Waals surface area contributed by atoms with Crippen molar-refractivity contribution in [2.75, 3.05) is 32.7 Å². The lowest BCUT2D eigenvalue weighted by atomic mass is 10.1. The summed E-state index contributed by atoms with van der Waals surface area (Å²) < 4.78 is 12.3. The molecule has 1 aromatic heterocycles. The van der Waals surface area contributed by atoms with Crippen molar-refractivity contribution in [2.24, 2.45) is 0 Å². The van der Waals surface area contributed by atoms with E-state index in [0.29, 0.717) is 13.2 Å². The largest absolute Gasteiger partial charge is 0.399 e. The zero-order chi connectivity index (χ0) is 14.2. The Balaban J connectivity index is 1.79. The van der Waals surface area contributed by atoms with E-state index in [1.165, 1.54) is 0 Å². The minimum absolute atomic E-state index is 0.642. The molecule has 2 rings (SSSR count). The molecule has 20 heavy (non-hydrogen) atoms. The number of methoxy groups -OCH3 is 1. The van der Waals surface area contributed by atoms with Crippen LogP contribution >= 0.6 is 0 Å². The third-order valence-electron chi connectivity index (χ3n) is 2.98. The smallest absolute Gasteiger partial charge is 0.0700 e. The number of nitrogens with two attached hydrogens (primary N) is 1. The molecule has 0 aliphatic rings. The molecule has 0 bridgehead atoms. The van der Waals surface area contributed by atoms with Crippen LogP contribution < -0.4 is 5.73 Å². The van der Waals surface area contributed by atoms with Gasteiger partial charge >= 0.3 is 0 Å². The number of ether oxygens (including phenoxy) is 2. The van der Waals surface area contributed by atoms with Crippen LogP contribution in [0.2, 0.25) is 0 Å².